The van der Waals surface area contributed by atoms with Crippen LogP contribution in [0.3, 0.4) is 0 Å². The molecule has 1 fully saturated rings. The average Bonchev–Trinajstić information content (AvgIpc) is 3.43. The van der Waals surface area contributed by atoms with E-state index in [9.17, 15) is 4.79 Å². The molecule has 1 atom stereocenters. The van der Waals surface area contributed by atoms with Crippen LogP contribution in [0.25, 0.3) is 5.69 Å². The van der Waals surface area contributed by atoms with Gasteiger partial charge in [-0.05, 0) is 44.4 Å². The van der Waals surface area contributed by atoms with Gasteiger partial charge in [0.05, 0.1) is 23.5 Å². The van der Waals surface area contributed by atoms with Gasteiger partial charge in [0.1, 0.15) is 5.82 Å². The predicted molar refractivity (Wildman–Crippen MR) is 109 cm³/mol. The molecule has 0 saturated heterocycles. The van der Waals surface area contributed by atoms with Crippen LogP contribution in [-0.2, 0) is 0 Å². The summed E-state index contributed by atoms with van der Waals surface area (Å²) in [6.45, 7) is 3.93. The molecular weight excluding hydrogens is 352 g/mol. The molecule has 0 spiro atoms. The first-order valence-electron chi connectivity index (χ1n) is 9.84. The molecule has 0 bridgehead atoms. The van der Waals surface area contributed by atoms with E-state index in [1.165, 1.54) is 12.8 Å². The van der Waals surface area contributed by atoms with Crippen molar-refractivity contribution in [2.45, 2.75) is 51.6 Å². The maximum Gasteiger partial charge on any atom is 0.320 e. The average molecular weight is 378 g/mol. The fourth-order valence-corrected chi connectivity index (χ4v) is 3.94. The number of anilines is 1. The van der Waals surface area contributed by atoms with E-state index < -0.39 is 0 Å². The van der Waals surface area contributed by atoms with Gasteiger partial charge in [-0.15, -0.1) is 0 Å². The van der Waals surface area contributed by atoms with Gasteiger partial charge >= 0.3 is 6.03 Å². The number of nitrogens with zero attached hydrogens (tertiary/aromatic N) is 4. The van der Waals surface area contributed by atoms with E-state index in [2.05, 4.69) is 20.8 Å². The van der Waals surface area contributed by atoms with Gasteiger partial charge in [-0.1, -0.05) is 31.0 Å². The van der Waals surface area contributed by atoms with E-state index >= 15 is 0 Å². The Kier molecular flexibility index (Phi) is 5.14. The molecule has 28 heavy (non-hydrogen) atoms. The summed E-state index contributed by atoms with van der Waals surface area (Å²) in [5.41, 5.74) is 2.87. The van der Waals surface area contributed by atoms with Crippen LogP contribution >= 0.6 is 0 Å². The zero-order valence-corrected chi connectivity index (χ0v) is 16.3. The molecule has 1 aromatic carbocycles. The zero-order chi connectivity index (χ0) is 19.5. The standard InChI is InChI=1S/C21H26N6O/c1-15-14-20(27(25-15)17-8-3-4-9-17)24-21(28)23-16(2)18-10-5-6-11-19(18)26-13-7-12-22-26/h5-7,10-14,16-17H,3-4,8-9H2,1-2H3,(H2,23,24,28). The summed E-state index contributed by atoms with van der Waals surface area (Å²) in [4.78, 5) is 12.7. The highest BCUT2D eigenvalue weighted by Gasteiger charge is 2.22. The van der Waals surface area contributed by atoms with Gasteiger partial charge in [0, 0.05) is 18.5 Å². The van der Waals surface area contributed by atoms with E-state index in [0.29, 0.717) is 6.04 Å². The molecule has 7 heteroatoms. The molecule has 2 heterocycles. The van der Waals surface area contributed by atoms with Crippen molar-refractivity contribution in [1.29, 1.82) is 0 Å². The van der Waals surface area contributed by atoms with Crippen LogP contribution in [-0.4, -0.2) is 25.6 Å². The molecule has 4 rings (SSSR count). The Labute approximate surface area is 164 Å². The first kappa shape index (κ1) is 18.3. The molecule has 7 nitrogen and oxygen atoms in total. The second-order valence-corrected chi connectivity index (χ2v) is 7.38. The predicted octanol–water partition coefficient (Wildman–Crippen LogP) is 4.38. The SMILES string of the molecule is Cc1cc(NC(=O)NC(C)c2ccccc2-n2cccn2)n(C2CCCC2)n1. The number of aryl methyl sites for hydroxylation is 1. The first-order chi connectivity index (χ1) is 13.6. The monoisotopic (exact) mass is 378 g/mol. The van der Waals surface area contributed by atoms with Crippen LogP contribution in [0.5, 0.6) is 0 Å². The molecule has 1 aliphatic carbocycles. The van der Waals surface area contributed by atoms with E-state index in [4.69, 9.17) is 0 Å². The summed E-state index contributed by atoms with van der Waals surface area (Å²) in [6.07, 6.45) is 8.31. The van der Waals surface area contributed by atoms with Crippen molar-refractivity contribution in [3.8, 4) is 5.69 Å². The molecule has 1 aliphatic rings. The van der Waals surface area contributed by atoms with Crippen LogP contribution in [0.4, 0.5) is 10.6 Å². The number of carbonyl (C=O) groups is 1. The minimum Gasteiger partial charge on any atom is -0.331 e. The first-order valence-corrected chi connectivity index (χ1v) is 9.84. The number of aromatic nitrogens is 4. The fourth-order valence-electron chi connectivity index (χ4n) is 3.94. The normalized spacial score (nSPS) is 15.5. The summed E-state index contributed by atoms with van der Waals surface area (Å²) in [5, 5.41) is 14.9. The Hall–Kier alpha value is -3.09. The summed E-state index contributed by atoms with van der Waals surface area (Å²) in [7, 11) is 0. The summed E-state index contributed by atoms with van der Waals surface area (Å²) in [5.74, 6) is 0.759. The largest absolute Gasteiger partial charge is 0.331 e. The van der Waals surface area contributed by atoms with Gasteiger partial charge in [-0.25, -0.2) is 14.2 Å². The highest BCUT2D eigenvalue weighted by Crippen LogP contribution is 2.32. The smallest absolute Gasteiger partial charge is 0.320 e. The zero-order valence-electron chi connectivity index (χ0n) is 16.3. The third-order valence-electron chi connectivity index (χ3n) is 5.27. The van der Waals surface area contributed by atoms with Crippen molar-refractivity contribution in [2.24, 2.45) is 0 Å². The van der Waals surface area contributed by atoms with Gasteiger partial charge in [0.25, 0.3) is 0 Å². The summed E-state index contributed by atoms with van der Waals surface area (Å²) < 4.78 is 3.79. The van der Waals surface area contributed by atoms with Crippen molar-refractivity contribution >= 4 is 11.8 Å². The lowest BCUT2D eigenvalue weighted by Gasteiger charge is -2.19. The Morgan fingerprint density at radius 2 is 2.00 bits per heavy atom. The highest BCUT2D eigenvalue weighted by atomic mass is 16.2. The number of hydrogen-bond acceptors (Lipinski definition) is 3. The van der Waals surface area contributed by atoms with Gasteiger partial charge in [0.15, 0.2) is 0 Å². The molecular formula is C21H26N6O. The lowest BCUT2D eigenvalue weighted by molar-refractivity contribution is 0.249. The Bertz CT molecular complexity index is 940. The third-order valence-corrected chi connectivity index (χ3v) is 5.27. The van der Waals surface area contributed by atoms with Crippen LogP contribution < -0.4 is 10.6 Å². The maximum absolute atomic E-state index is 12.7. The molecule has 0 aliphatic heterocycles. The van der Waals surface area contributed by atoms with Crippen LogP contribution in [0.15, 0.2) is 48.8 Å². The molecule has 1 unspecified atom stereocenters. The van der Waals surface area contributed by atoms with Gasteiger partial charge in [-0.3, -0.25) is 5.32 Å². The van der Waals surface area contributed by atoms with Gasteiger partial charge in [0.2, 0.25) is 0 Å². The van der Waals surface area contributed by atoms with Crippen molar-refractivity contribution in [3.63, 3.8) is 0 Å². The van der Waals surface area contributed by atoms with Crippen molar-refractivity contribution < 1.29 is 4.79 Å². The van der Waals surface area contributed by atoms with Crippen molar-refractivity contribution in [1.82, 2.24) is 24.9 Å². The number of para-hydroxylation sites is 1. The van der Waals surface area contributed by atoms with Crippen molar-refractivity contribution in [2.75, 3.05) is 5.32 Å². The molecule has 3 aromatic rings. The number of benzene rings is 1. The van der Waals surface area contributed by atoms with E-state index in [-0.39, 0.29) is 12.1 Å². The second-order valence-electron chi connectivity index (χ2n) is 7.38. The van der Waals surface area contributed by atoms with Crippen LogP contribution in [0.1, 0.15) is 55.9 Å². The number of rotatable bonds is 5. The van der Waals surface area contributed by atoms with Gasteiger partial charge < -0.3 is 5.32 Å². The minimum atomic E-state index is -0.234. The van der Waals surface area contributed by atoms with Crippen LogP contribution in [0.2, 0.25) is 0 Å². The maximum atomic E-state index is 12.7. The Morgan fingerprint density at radius 1 is 1.21 bits per heavy atom. The van der Waals surface area contributed by atoms with Crippen LogP contribution in [0, 0.1) is 6.92 Å². The molecule has 2 aromatic heterocycles. The Balaban J connectivity index is 1.48. The summed E-state index contributed by atoms with van der Waals surface area (Å²) in [6, 6.07) is 11.7. The molecule has 2 amide bonds. The number of amides is 2. The Morgan fingerprint density at radius 3 is 2.75 bits per heavy atom. The lowest BCUT2D eigenvalue weighted by atomic mass is 10.1. The quantitative estimate of drug-likeness (QED) is 0.692. The molecule has 146 valence electrons. The van der Waals surface area contributed by atoms with E-state index in [0.717, 1.165) is 35.6 Å². The van der Waals surface area contributed by atoms with Gasteiger partial charge in [-0.2, -0.15) is 10.2 Å². The fraction of sp³-hybridized carbons (Fsp3) is 0.381. The lowest BCUT2D eigenvalue weighted by Crippen LogP contribution is -2.32. The minimum absolute atomic E-state index is 0.177. The molecule has 2 N–H and O–H groups in total. The topological polar surface area (TPSA) is 76.8 Å². The number of carbonyl (C=O) groups excluding carboxylic acids is 1. The molecule has 0 radical (unpaired) electrons. The number of nitrogens with one attached hydrogen (secondary N) is 2. The highest BCUT2D eigenvalue weighted by molar-refractivity contribution is 5.88. The van der Waals surface area contributed by atoms with E-state index in [1.54, 1.807) is 6.20 Å². The number of hydrogen-bond donors (Lipinski definition) is 2. The second kappa shape index (κ2) is 7.88. The van der Waals surface area contributed by atoms with E-state index in [1.807, 2.05) is 65.8 Å². The summed E-state index contributed by atoms with van der Waals surface area (Å²) >= 11 is 0. The number of urea groups is 1. The molecule has 1 saturated carbocycles. The third kappa shape index (κ3) is 3.78. The van der Waals surface area contributed by atoms with Crippen molar-refractivity contribution in [3.05, 3.63) is 60.0 Å².